The van der Waals surface area contributed by atoms with Crippen LogP contribution in [0.15, 0.2) is 30.3 Å². The molecule has 0 unspecified atom stereocenters. The van der Waals surface area contributed by atoms with Gasteiger partial charge in [-0.05, 0) is 31.4 Å². The Labute approximate surface area is 138 Å². The molecular formula is C18H26N2O3. The number of ether oxygens (including phenoxy) is 1. The number of benzene rings is 1. The smallest absolute Gasteiger partial charge is 0.225 e. The zero-order valence-electron chi connectivity index (χ0n) is 13.8. The summed E-state index contributed by atoms with van der Waals surface area (Å²) in [5.74, 6) is 1.07. The second kappa shape index (κ2) is 9.18. The van der Waals surface area contributed by atoms with E-state index >= 15 is 0 Å². The molecule has 1 saturated heterocycles. The van der Waals surface area contributed by atoms with Gasteiger partial charge in [0, 0.05) is 25.6 Å². The van der Waals surface area contributed by atoms with Crippen molar-refractivity contribution in [2.24, 2.45) is 5.92 Å². The van der Waals surface area contributed by atoms with E-state index in [9.17, 15) is 9.59 Å². The van der Waals surface area contributed by atoms with E-state index in [2.05, 4.69) is 5.32 Å². The minimum atomic E-state index is 0.0474. The number of hydrogen-bond donors (Lipinski definition) is 1. The Morgan fingerprint density at radius 2 is 1.91 bits per heavy atom. The van der Waals surface area contributed by atoms with Crippen molar-refractivity contribution >= 4 is 11.8 Å². The molecule has 0 aromatic heterocycles. The molecule has 1 aliphatic rings. The molecule has 2 rings (SSSR count). The van der Waals surface area contributed by atoms with E-state index in [0.717, 1.165) is 31.6 Å². The highest BCUT2D eigenvalue weighted by Gasteiger charge is 2.26. The minimum Gasteiger partial charge on any atom is -0.493 e. The lowest BCUT2D eigenvalue weighted by Gasteiger charge is -2.31. The number of rotatable bonds is 7. The molecule has 5 heteroatoms. The molecule has 0 spiro atoms. The molecule has 1 N–H and O–H groups in total. The van der Waals surface area contributed by atoms with Crippen molar-refractivity contribution < 1.29 is 14.3 Å². The molecule has 0 aliphatic carbocycles. The third kappa shape index (κ3) is 5.58. The molecule has 0 radical (unpaired) electrons. The fourth-order valence-electron chi connectivity index (χ4n) is 2.71. The SMILES string of the molecule is CCCNC(=O)C1CCN(C(=O)CCOc2ccccc2)CC1. The fourth-order valence-corrected chi connectivity index (χ4v) is 2.71. The highest BCUT2D eigenvalue weighted by atomic mass is 16.5. The van der Waals surface area contributed by atoms with Gasteiger partial charge in [0.1, 0.15) is 5.75 Å². The van der Waals surface area contributed by atoms with E-state index < -0.39 is 0 Å². The van der Waals surface area contributed by atoms with E-state index in [0.29, 0.717) is 26.1 Å². The number of amides is 2. The first-order chi connectivity index (χ1) is 11.2. The summed E-state index contributed by atoms with van der Waals surface area (Å²) in [4.78, 5) is 26.0. The number of piperidine rings is 1. The number of nitrogens with one attached hydrogen (secondary N) is 1. The zero-order valence-corrected chi connectivity index (χ0v) is 13.8. The first kappa shape index (κ1) is 17.3. The Morgan fingerprint density at radius 1 is 1.22 bits per heavy atom. The van der Waals surface area contributed by atoms with Crippen LogP contribution in [0.1, 0.15) is 32.6 Å². The van der Waals surface area contributed by atoms with Crippen molar-refractivity contribution in [2.45, 2.75) is 32.6 Å². The molecule has 2 amide bonds. The van der Waals surface area contributed by atoms with Gasteiger partial charge in [0.05, 0.1) is 13.0 Å². The molecule has 1 heterocycles. The van der Waals surface area contributed by atoms with Gasteiger partial charge in [-0.25, -0.2) is 0 Å². The molecule has 5 nitrogen and oxygen atoms in total. The van der Waals surface area contributed by atoms with E-state index in [4.69, 9.17) is 4.74 Å². The van der Waals surface area contributed by atoms with Crippen LogP contribution in [0.2, 0.25) is 0 Å². The van der Waals surface area contributed by atoms with Gasteiger partial charge in [0.2, 0.25) is 11.8 Å². The topological polar surface area (TPSA) is 58.6 Å². The molecule has 23 heavy (non-hydrogen) atoms. The largest absolute Gasteiger partial charge is 0.493 e. The Hall–Kier alpha value is -2.04. The van der Waals surface area contributed by atoms with Gasteiger partial charge in [-0.15, -0.1) is 0 Å². The maximum atomic E-state index is 12.2. The minimum absolute atomic E-state index is 0.0474. The van der Waals surface area contributed by atoms with Crippen molar-refractivity contribution in [3.05, 3.63) is 30.3 Å². The molecule has 126 valence electrons. The number of carbonyl (C=O) groups is 2. The summed E-state index contributed by atoms with van der Waals surface area (Å²) in [6.07, 6.45) is 2.83. The van der Waals surface area contributed by atoms with Gasteiger partial charge in [-0.1, -0.05) is 25.1 Å². The van der Waals surface area contributed by atoms with E-state index in [1.807, 2.05) is 42.2 Å². The Morgan fingerprint density at radius 3 is 2.57 bits per heavy atom. The standard InChI is InChI=1S/C18H26N2O3/c1-2-11-19-18(22)15-8-12-20(13-9-15)17(21)10-14-23-16-6-4-3-5-7-16/h3-7,15H,2,8-14H2,1H3,(H,19,22). The lowest BCUT2D eigenvalue weighted by molar-refractivity contribution is -0.136. The van der Waals surface area contributed by atoms with Gasteiger partial charge in [0.15, 0.2) is 0 Å². The van der Waals surface area contributed by atoms with Crippen molar-refractivity contribution in [1.82, 2.24) is 10.2 Å². The molecule has 0 bridgehead atoms. The van der Waals surface area contributed by atoms with E-state index in [-0.39, 0.29) is 17.7 Å². The molecule has 1 aliphatic heterocycles. The van der Waals surface area contributed by atoms with Gasteiger partial charge in [-0.3, -0.25) is 9.59 Å². The second-order valence-corrected chi connectivity index (χ2v) is 5.86. The number of nitrogens with zero attached hydrogens (tertiary/aromatic N) is 1. The summed E-state index contributed by atoms with van der Waals surface area (Å²) in [6.45, 7) is 4.48. The van der Waals surface area contributed by atoms with Crippen LogP contribution in [0.5, 0.6) is 5.75 Å². The van der Waals surface area contributed by atoms with Gasteiger partial charge < -0.3 is 15.0 Å². The summed E-state index contributed by atoms with van der Waals surface area (Å²) in [6, 6.07) is 9.51. The fraction of sp³-hybridized carbons (Fsp3) is 0.556. The lowest BCUT2D eigenvalue weighted by atomic mass is 9.95. The van der Waals surface area contributed by atoms with Crippen molar-refractivity contribution in [1.29, 1.82) is 0 Å². The molecule has 1 aromatic carbocycles. The van der Waals surface area contributed by atoms with Crippen LogP contribution in [0, 0.1) is 5.92 Å². The number of carbonyl (C=O) groups excluding carboxylic acids is 2. The molecular weight excluding hydrogens is 292 g/mol. The second-order valence-electron chi connectivity index (χ2n) is 5.86. The van der Waals surface area contributed by atoms with Crippen LogP contribution < -0.4 is 10.1 Å². The summed E-state index contributed by atoms with van der Waals surface area (Å²) in [5.41, 5.74) is 0. The highest BCUT2D eigenvalue weighted by molar-refractivity contribution is 5.80. The third-order valence-corrected chi connectivity index (χ3v) is 4.10. The quantitative estimate of drug-likeness (QED) is 0.838. The van der Waals surface area contributed by atoms with Gasteiger partial charge >= 0.3 is 0 Å². The van der Waals surface area contributed by atoms with Crippen LogP contribution in [0.4, 0.5) is 0 Å². The summed E-state index contributed by atoms with van der Waals surface area (Å²) in [5, 5.41) is 2.94. The normalized spacial score (nSPS) is 15.3. The first-order valence-electron chi connectivity index (χ1n) is 8.44. The first-order valence-corrected chi connectivity index (χ1v) is 8.44. The van der Waals surface area contributed by atoms with Gasteiger partial charge in [0.25, 0.3) is 0 Å². The molecule has 0 atom stereocenters. The summed E-state index contributed by atoms with van der Waals surface area (Å²) >= 11 is 0. The van der Waals surface area contributed by atoms with Gasteiger partial charge in [-0.2, -0.15) is 0 Å². The molecule has 0 saturated carbocycles. The summed E-state index contributed by atoms with van der Waals surface area (Å²) in [7, 11) is 0. The van der Waals surface area contributed by atoms with Crippen LogP contribution in [-0.2, 0) is 9.59 Å². The number of likely N-dealkylation sites (tertiary alicyclic amines) is 1. The average molecular weight is 318 g/mol. The third-order valence-electron chi connectivity index (χ3n) is 4.10. The Balaban J connectivity index is 1.66. The monoisotopic (exact) mass is 318 g/mol. The number of hydrogen-bond acceptors (Lipinski definition) is 3. The van der Waals surface area contributed by atoms with E-state index in [1.165, 1.54) is 0 Å². The average Bonchev–Trinajstić information content (AvgIpc) is 2.60. The van der Waals surface area contributed by atoms with E-state index in [1.54, 1.807) is 0 Å². The molecule has 1 fully saturated rings. The van der Waals surface area contributed by atoms with Crippen LogP contribution in [0.25, 0.3) is 0 Å². The van der Waals surface area contributed by atoms with Crippen LogP contribution in [0.3, 0.4) is 0 Å². The Kier molecular flexibility index (Phi) is 6.91. The van der Waals surface area contributed by atoms with Crippen molar-refractivity contribution in [3.63, 3.8) is 0 Å². The zero-order chi connectivity index (χ0) is 16.5. The summed E-state index contributed by atoms with van der Waals surface area (Å²) < 4.78 is 5.56. The lowest BCUT2D eigenvalue weighted by Crippen LogP contribution is -2.43. The maximum Gasteiger partial charge on any atom is 0.225 e. The van der Waals surface area contributed by atoms with Crippen LogP contribution >= 0.6 is 0 Å². The predicted molar refractivity (Wildman–Crippen MR) is 89.2 cm³/mol. The Bertz CT molecular complexity index is 496. The van der Waals surface area contributed by atoms with Crippen molar-refractivity contribution in [2.75, 3.05) is 26.2 Å². The predicted octanol–water partition coefficient (Wildman–Crippen LogP) is 2.22. The van der Waals surface area contributed by atoms with Crippen LogP contribution in [-0.4, -0.2) is 43.0 Å². The molecule has 1 aromatic rings. The highest BCUT2D eigenvalue weighted by Crippen LogP contribution is 2.18. The number of para-hydroxylation sites is 1. The maximum absolute atomic E-state index is 12.2. The van der Waals surface area contributed by atoms with Crippen molar-refractivity contribution in [3.8, 4) is 5.75 Å².